The minimum atomic E-state index is -0.278. The first-order valence-electron chi connectivity index (χ1n) is 7.28. The summed E-state index contributed by atoms with van der Waals surface area (Å²) in [6.45, 7) is 0.377. The Bertz CT molecular complexity index is 844. The molecule has 0 aliphatic rings. The molecule has 3 aromatic rings. The van der Waals surface area contributed by atoms with Gasteiger partial charge in [-0.15, -0.1) is 11.3 Å². The zero-order chi connectivity index (χ0) is 16.8. The van der Waals surface area contributed by atoms with Gasteiger partial charge in [-0.3, -0.25) is 9.78 Å². The van der Waals surface area contributed by atoms with Gasteiger partial charge in [-0.2, -0.15) is 0 Å². The second-order valence-electron chi connectivity index (χ2n) is 4.96. The fourth-order valence-electron chi connectivity index (χ4n) is 1.99. The lowest BCUT2D eigenvalue weighted by Gasteiger charge is -2.00. The molecule has 0 spiro atoms. The largest absolute Gasteiger partial charge is 0.347 e. The van der Waals surface area contributed by atoms with Gasteiger partial charge in [-0.25, -0.2) is 9.37 Å². The lowest BCUT2D eigenvalue weighted by Crippen LogP contribution is -2.20. The molecule has 0 radical (unpaired) electrons. The molecule has 1 N–H and O–H groups in total. The van der Waals surface area contributed by atoms with Gasteiger partial charge in [-0.05, 0) is 42.5 Å². The van der Waals surface area contributed by atoms with Crippen LogP contribution in [0.3, 0.4) is 0 Å². The molecule has 0 unspecified atom stereocenters. The number of halogens is 1. The van der Waals surface area contributed by atoms with Crippen molar-refractivity contribution in [2.24, 2.45) is 0 Å². The van der Waals surface area contributed by atoms with E-state index in [1.807, 2.05) is 23.6 Å². The Morgan fingerprint density at radius 1 is 1.21 bits per heavy atom. The van der Waals surface area contributed by atoms with E-state index in [1.165, 1.54) is 29.5 Å². The molecular weight excluding hydrogens is 325 g/mol. The van der Waals surface area contributed by atoms with E-state index in [-0.39, 0.29) is 11.7 Å². The Morgan fingerprint density at radius 3 is 2.79 bits per heavy atom. The van der Waals surface area contributed by atoms with Gasteiger partial charge in [0.05, 0.1) is 17.9 Å². The van der Waals surface area contributed by atoms with Crippen molar-refractivity contribution < 1.29 is 9.18 Å². The van der Waals surface area contributed by atoms with E-state index in [0.717, 1.165) is 16.3 Å². The number of nitrogens with zero attached hydrogens (tertiary/aromatic N) is 2. The average molecular weight is 339 g/mol. The number of benzene rings is 1. The summed E-state index contributed by atoms with van der Waals surface area (Å²) in [4.78, 5) is 20.4. The van der Waals surface area contributed by atoms with Gasteiger partial charge in [0.1, 0.15) is 10.8 Å². The van der Waals surface area contributed by atoms with Crippen molar-refractivity contribution >= 4 is 23.3 Å². The summed E-state index contributed by atoms with van der Waals surface area (Å²) in [7, 11) is 0. The number of rotatable bonds is 5. The summed E-state index contributed by atoms with van der Waals surface area (Å²) in [5.74, 6) is -0.489. The van der Waals surface area contributed by atoms with Crippen LogP contribution in [0.1, 0.15) is 11.4 Å². The number of thiazole rings is 1. The molecule has 0 fully saturated rings. The van der Waals surface area contributed by atoms with Crippen LogP contribution in [0, 0.1) is 5.82 Å². The minimum Gasteiger partial charge on any atom is -0.347 e. The first kappa shape index (κ1) is 16.0. The Balaban J connectivity index is 1.58. The minimum absolute atomic E-state index is 0.211. The SMILES string of the molecule is O=C(/C=C/c1csc(-c2ccc(F)cc2)n1)NCc1ccccn1. The van der Waals surface area contributed by atoms with Crippen LogP contribution >= 0.6 is 11.3 Å². The molecule has 2 heterocycles. The molecule has 4 nitrogen and oxygen atoms in total. The normalized spacial score (nSPS) is 10.9. The highest BCUT2D eigenvalue weighted by Crippen LogP contribution is 2.24. The van der Waals surface area contributed by atoms with Crippen LogP contribution in [-0.4, -0.2) is 15.9 Å². The van der Waals surface area contributed by atoms with Crippen molar-refractivity contribution in [2.45, 2.75) is 6.54 Å². The van der Waals surface area contributed by atoms with E-state index < -0.39 is 0 Å². The van der Waals surface area contributed by atoms with Gasteiger partial charge in [0, 0.05) is 23.2 Å². The van der Waals surface area contributed by atoms with Crippen LogP contribution < -0.4 is 5.32 Å². The number of amides is 1. The Labute approximate surface area is 142 Å². The maximum Gasteiger partial charge on any atom is 0.244 e. The summed E-state index contributed by atoms with van der Waals surface area (Å²) in [6.07, 6.45) is 4.77. The zero-order valence-corrected chi connectivity index (χ0v) is 13.5. The zero-order valence-electron chi connectivity index (χ0n) is 12.6. The molecule has 2 aromatic heterocycles. The smallest absolute Gasteiger partial charge is 0.244 e. The third-order valence-electron chi connectivity index (χ3n) is 3.19. The van der Waals surface area contributed by atoms with Crippen molar-refractivity contribution in [3.05, 3.63) is 77.3 Å². The van der Waals surface area contributed by atoms with Gasteiger partial charge < -0.3 is 5.32 Å². The van der Waals surface area contributed by atoms with E-state index >= 15 is 0 Å². The summed E-state index contributed by atoms with van der Waals surface area (Å²) in [5, 5.41) is 5.39. The quantitative estimate of drug-likeness (QED) is 0.722. The highest BCUT2D eigenvalue weighted by molar-refractivity contribution is 7.13. The van der Waals surface area contributed by atoms with Crippen molar-refractivity contribution in [1.82, 2.24) is 15.3 Å². The highest BCUT2D eigenvalue weighted by atomic mass is 32.1. The second kappa shape index (κ2) is 7.61. The van der Waals surface area contributed by atoms with Crippen LogP contribution in [0.2, 0.25) is 0 Å². The van der Waals surface area contributed by atoms with Crippen molar-refractivity contribution in [1.29, 1.82) is 0 Å². The summed E-state index contributed by atoms with van der Waals surface area (Å²) < 4.78 is 12.9. The highest BCUT2D eigenvalue weighted by Gasteiger charge is 2.04. The van der Waals surface area contributed by atoms with Crippen LogP contribution in [0.4, 0.5) is 4.39 Å². The van der Waals surface area contributed by atoms with Gasteiger partial charge >= 0.3 is 0 Å². The molecule has 1 amide bonds. The number of pyridine rings is 1. The molecule has 0 aliphatic carbocycles. The van der Waals surface area contributed by atoms with Crippen molar-refractivity contribution in [3.63, 3.8) is 0 Å². The van der Waals surface area contributed by atoms with Crippen molar-refractivity contribution in [3.8, 4) is 10.6 Å². The predicted octanol–water partition coefficient (Wildman–Crippen LogP) is 3.67. The van der Waals surface area contributed by atoms with E-state index in [1.54, 1.807) is 24.4 Å². The van der Waals surface area contributed by atoms with Crippen molar-refractivity contribution in [2.75, 3.05) is 0 Å². The Morgan fingerprint density at radius 2 is 2.04 bits per heavy atom. The topological polar surface area (TPSA) is 54.9 Å². The molecule has 24 heavy (non-hydrogen) atoms. The number of aromatic nitrogens is 2. The number of nitrogens with one attached hydrogen (secondary N) is 1. The predicted molar refractivity (Wildman–Crippen MR) is 92.6 cm³/mol. The molecular formula is C18H14FN3OS. The molecule has 0 saturated carbocycles. The maximum absolute atomic E-state index is 12.9. The molecule has 0 atom stereocenters. The number of hydrogen-bond donors (Lipinski definition) is 1. The van der Waals surface area contributed by atoms with Gasteiger partial charge in [0.15, 0.2) is 0 Å². The summed E-state index contributed by atoms with van der Waals surface area (Å²) in [6, 6.07) is 11.7. The van der Waals surface area contributed by atoms with E-state index in [9.17, 15) is 9.18 Å². The number of hydrogen-bond acceptors (Lipinski definition) is 4. The number of carbonyl (C=O) groups excluding carboxylic acids is 1. The third kappa shape index (κ3) is 4.33. The molecule has 1 aromatic carbocycles. The van der Waals surface area contributed by atoms with Crippen LogP contribution in [0.25, 0.3) is 16.6 Å². The Hall–Kier alpha value is -2.86. The standard InChI is InChI=1S/C18H14FN3OS/c19-14-6-4-13(5-7-14)18-22-16(12-24-18)8-9-17(23)21-11-15-3-1-2-10-20-15/h1-10,12H,11H2,(H,21,23)/b9-8+. The molecule has 3 rings (SSSR count). The molecule has 0 saturated heterocycles. The molecule has 6 heteroatoms. The van der Waals surface area contributed by atoms with E-state index in [0.29, 0.717) is 12.2 Å². The van der Waals surface area contributed by atoms with Gasteiger partial charge in [0.25, 0.3) is 0 Å². The van der Waals surface area contributed by atoms with Gasteiger partial charge in [-0.1, -0.05) is 6.07 Å². The van der Waals surface area contributed by atoms with Gasteiger partial charge in [0.2, 0.25) is 5.91 Å². The van der Waals surface area contributed by atoms with Crippen LogP contribution in [0.15, 0.2) is 60.1 Å². The van der Waals surface area contributed by atoms with E-state index in [4.69, 9.17) is 0 Å². The Kier molecular flexibility index (Phi) is 5.08. The maximum atomic E-state index is 12.9. The fourth-order valence-corrected chi connectivity index (χ4v) is 2.78. The number of carbonyl (C=O) groups is 1. The monoisotopic (exact) mass is 339 g/mol. The second-order valence-corrected chi connectivity index (χ2v) is 5.81. The van der Waals surface area contributed by atoms with Crippen LogP contribution in [0.5, 0.6) is 0 Å². The van der Waals surface area contributed by atoms with E-state index in [2.05, 4.69) is 15.3 Å². The summed E-state index contributed by atoms with van der Waals surface area (Å²) >= 11 is 1.44. The lowest BCUT2D eigenvalue weighted by molar-refractivity contribution is -0.116. The molecule has 0 bridgehead atoms. The first-order valence-corrected chi connectivity index (χ1v) is 8.16. The van der Waals surface area contributed by atoms with Crippen LogP contribution in [-0.2, 0) is 11.3 Å². The molecule has 0 aliphatic heterocycles. The molecule has 120 valence electrons. The third-order valence-corrected chi connectivity index (χ3v) is 4.10. The summed E-state index contributed by atoms with van der Waals surface area (Å²) in [5.41, 5.74) is 2.33. The first-order chi connectivity index (χ1) is 11.7. The average Bonchev–Trinajstić information content (AvgIpc) is 3.09. The fraction of sp³-hybridized carbons (Fsp3) is 0.0556. The lowest BCUT2D eigenvalue weighted by atomic mass is 10.2.